The Labute approximate surface area is 118 Å². The zero-order valence-corrected chi connectivity index (χ0v) is 11.3. The van der Waals surface area contributed by atoms with Crippen molar-refractivity contribution < 1.29 is 17.9 Å². The van der Waals surface area contributed by atoms with Crippen LogP contribution in [0, 0.1) is 6.92 Å². The first kappa shape index (κ1) is 15.2. The molecule has 1 aromatic carbocycles. The van der Waals surface area contributed by atoms with Gasteiger partial charge in [-0.05, 0) is 41.1 Å². The highest BCUT2D eigenvalue weighted by Crippen LogP contribution is 2.21. The third-order valence-electron chi connectivity index (χ3n) is 2.77. The van der Waals surface area contributed by atoms with Gasteiger partial charge < -0.3 is 10.5 Å². The van der Waals surface area contributed by atoms with E-state index in [4.69, 9.17) is 5.73 Å². The number of benzene rings is 1. The second-order valence-electron chi connectivity index (χ2n) is 4.46. The molecule has 0 amide bonds. The van der Waals surface area contributed by atoms with Crippen molar-refractivity contribution in [1.29, 1.82) is 0 Å². The van der Waals surface area contributed by atoms with Gasteiger partial charge in [0.25, 0.3) is 0 Å². The van der Waals surface area contributed by atoms with Crippen molar-refractivity contribution in [2.45, 2.75) is 19.6 Å². The Kier molecular flexibility index (Phi) is 4.41. The van der Waals surface area contributed by atoms with Crippen LogP contribution in [0.15, 0.2) is 18.2 Å². The van der Waals surface area contributed by atoms with Crippen LogP contribution in [-0.4, -0.2) is 39.6 Å². The molecule has 0 fully saturated rings. The summed E-state index contributed by atoms with van der Waals surface area (Å²) in [7, 11) is 0. The fourth-order valence-electron chi connectivity index (χ4n) is 1.72. The van der Waals surface area contributed by atoms with E-state index in [1.54, 1.807) is 12.1 Å². The number of aryl methyl sites for hydroxylation is 1. The van der Waals surface area contributed by atoms with Gasteiger partial charge >= 0.3 is 6.18 Å². The molecule has 9 heteroatoms. The minimum atomic E-state index is -4.34. The molecule has 0 bridgehead atoms. The molecule has 2 rings (SSSR count). The Hall–Kier alpha value is -2.16. The summed E-state index contributed by atoms with van der Waals surface area (Å²) in [5.41, 5.74) is 7.99. The van der Waals surface area contributed by atoms with E-state index in [0.29, 0.717) is 11.5 Å². The average molecular weight is 301 g/mol. The number of anilines is 1. The van der Waals surface area contributed by atoms with Crippen LogP contribution >= 0.6 is 0 Å². The number of alkyl halides is 3. The summed E-state index contributed by atoms with van der Waals surface area (Å²) < 4.78 is 41.8. The molecule has 0 aliphatic carbocycles. The van der Waals surface area contributed by atoms with Gasteiger partial charge in [0.05, 0.1) is 13.2 Å². The summed E-state index contributed by atoms with van der Waals surface area (Å²) >= 11 is 0. The van der Waals surface area contributed by atoms with Crippen molar-refractivity contribution >= 4 is 5.69 Å². The standard InChI is InChI=1S/C12H14F3N5O/c1-8-6-9(2-3-10(8)16)11-17-18-19-20(11)4-5-21-7-12(13,14)15/h2-3,6H,4-5,7,16H2,1H3. The molecule has 0 saturated carbocycles. The molecule has 114 valence electrons. The summed E-state index contributed by atoms with van der Waals surface area (Å²) in [4.78, 5) is 0. The quantitative estimate of drug-likeness (QED) is 0.673. The van der Waals surface area contributed by atoms with E-state index < -0.39 is 12.8 Å². The van der Waals surface area contributed by atoms with Gasteiger partial charge in [-0.1, -0.05) is 0 Å². The van der Waals surface area contributed by atoms with Crippen LogP contribution in [0.5, 0.6) is 0 Å². The maximum absolute atomic E-state index is 12.0. The topological polar surface area (TPSA) is 78.8 Å². The molecule has 0 unspecified atom stereocenters. The number of rotatable bonds is 5. The summed E-state index contributed by atoms with van der Waals surface area (Å²) in [5.74, 6) is 0.453. The summed E-state index contributed by atoms with van der Waals surface area (Å²) in [5, 5.41) is 11.1. The fourth-order valence-corrected chi connectivity index (χ4v) is 1.72. The minimum Gasteiger partial charge on any atom is -0.399 e. The maximum atomic E-state index is 12.0. The van der Waals surface area contributed by atoms with E-state index in [-0.39, 0.29) is 13.2 Å². The van der Waals surface area contributed by atoms with Crippen molar-refractivity contribution in [2.24, 2.45) is 0 Å². The second-order valence-corrected chi connectivity index (χ2v) is 4.46. The van der Waals surface area contributed by atoms with Gasteiger partial charge in [0, 0.05) is 11.3 Å². The third-order valence-corrected chi connectivity index (χ3v) is 2.77. The lowest BCUT2D eigenvalue weighted by atomic mass is 10.1. The lowest BCUT2D eigenvalue weighted by Crippen LogP contribution is -2.19. The van der Waals surface area contributed by atoms with Gasteiger partial charge in [-0.15, -0.1) is 5.10 Å². The van der Waals surface area contributed by atoms with Gasteiger partial charge in [-0.25, -0.2) is 4.68 Å². The highest BCUT2D eigenvalue weighted by molar-refractivity contribution is 5.61. The largest absolute Gasteiger partial charge is 0.411 e. The lowest BCUT2D eigenvalue weighted by Gasteiger charge is -2.09. The molecule has 0 atom stereocenters. The number of hydrogen-bond donors (Lipinski definition) is 1. The molecule has 0 aliphatic heterocycles. The van der Waals surface area contributed by atoms with Crippen LogP contribution in [0.2, 0.25) is 0 Å². The van der Waals surface area contributed by atoms with Crippen LogP contribution in [0.3, 0.4) is 0 Å². The minimum absolute atomic E-state index is 0.127. The predicted octanol–water partition coefficient (Wildman–Crippen LogP) is 1.81. The normalized spacial score (nSPS) is 11.8. The third kappa shape index (κ3) is 4.15. The number of halogens is 3. The number of nitrogen functional groups attached to an aromatic ring is 1. The van der Waals surface area contributed by atoms with Crippen LogP contribution < -0.4 is 5.73 Å². The van der Waals surface area contributed by atoms with E-state index in [1.807, 2.05) is 13.0 Å². The smallest absolute Gasteiger partial charge is 0.399 e. The Balaban J connectivity index is 2.03. The van der Waals surface area contributed by atoms with Gasteiger partial charge in [-0.3, -0.25) is 0 Å². The number of nitrogens with two attached hydrogens (primary N) is 1. The van der Waals surface area contributed by atoms with E-state index in [2.05, 4.69) is 20.3 Å². The monoisotopic (exact) mass is 301 g/mol. The number of aromatic nitrogens is 4. The Morgan fingerprint density at radius 2 is 2.10 bits per heavy atom. The van der Waals surface area contributed by atoms with E-state index in [9.17, 15) is 13.2 Å². The number of nitrogens with zero attached hydrogens (tertiary/aromatic N) is 4. The average Bonchev–Trinajstić information content (AvgIpc) is 2.85. The van der Waals surface area contributed by atoms with Gasteiger partial charge in [0.1, 0.15) is 6.61 Å². The Bertz CT molecular complexity index is 611. The molecule has 2 aromatic rings. The molecule has 21 heavy (non-hydrogen) atoms. The van der Waals surface area contributed by atoms with Crippen molar-refractivity contribution in [3.63, 3.8) is 0 Å². The van der Waals surface area contributed by atoms with E-state index in [0.717, 1.165) is 11.1 Å². The Morgan fingerprint density at radius 1 is 1.33 bits per heavy atom. The first-order valence-corrected chi connectivity index (χ1v) is 6.14. The SMILES string of the molecule is Cc1cc(-c2nnnn2CCOCC(F)(F)F)ccc1N. The van der Waals surface area contributed by atoms with Crippen molar-refractivity contribution in [3.8, 4) is 11.4 Å². The first-order chi connectivity index (χ1) is 9.87. The van der Waals surface area contributed by atoms with E-state index >= 15 is 0 Å². The van der Waals surface area contributed by atoms with Crippen molar-refractivity contribution in [2.75, 3.05) is 18.9 Å². The second kappa shape index (κ2) is 6.08. The van der Waals surface area contributed by atoms with E-state index in [1.165, 1.54) is 4.68 Å². The lowest BCUT2D eigenvalue weighted by molar-refractivity contribution is -0.174. The van der Waals surface area contributed by atoms with Crippen LogP contribution in [-0.2, 0) is 11.3 Å². The predicted molar refractivity (Wildman–Crippen MR) is 69.3 cm³/mol. The zero-order valence-electron chi connectivity index (χ0n) is 11.3. The van der Waals surface area contributed by atoms with Crippen molar-refractivity contribution in [3.05, 3.63) is 23.8 Å². The van der Waals surface area contributed by atoms with Gasteiger partial charge in [0.2, 0.25) is 0 Å². The molecule has 0 saturated heterocycles. The van der Waals surface area contributed by atoms with Gasteiger partial charge in [-0.2, -0.15) is 13.2 Å². The van der Waals surface area contributed by atoms with Crippen LogP contribution in [0.25, 0.3) is 11.4 Å². The molecule has 1 heterocycles. The van der Waals surface area contributed by atoms with Crippen LogP contribution in [0.1, 0.15) is 5.56 Å². The molecule has 0 radical (unpaired) electrons. The molecule has 2 N–H and O–H groups in total. The number of ether oxygens (including phenoxy) is 1. The molecular formula is C12H14F3N5O. The Morgan fingerprint density at radius 3 is 2.76 bits per heavy atom. The van der Waals surface area contributed by atoms with Crippen molar-refractivity contribution in [1.82, 2.24) is 20.2 Å². The fraction of sp³-hybridized carbons (Fsp3) is 0.417. The molecule has 0 aliphatic rings. The highest BCUT2D eigenvalue weighted by atomic mass is 19.4. The molecule has 0 spiro atoms. The highest BCUT2D eigenvalue weighted by Gasteiger charge is 2.27. The maximum Gasteiger partial charge on any atom is 0.411 e. The zero-order chi connectivity index (χ0) is 15.5. The number of tetrazole rings is 1. The summed E-state index contributed by atoms with van der Waals surface area (Å²) in [6.07, 6.45) is -4.34. The first-order valence-electron chi connectivity index (χ1n) is 6.14. The summed E-state index contributed by atoms with van der Waals surface area (Å²) in [6, 6.07) is 5.29. The van der Waals surface area contributed by atoms with Gasteiger partial charge in [0.15, 0.2) is 5.82 Å². The molecule has 1 aromatic heterocycles. The molecular weight excluding hydrogens is 287 g/mol. The summed E-state index contributed by atoms with van der Waals surface area (Å²) in [6.45, 7) is 0.554. The molecule has 6 nitrogen and oxygen atoms in total. The number of hydrogen-bond acceptors (Lipinski definition) is 5. The van der Waals surface area contributed by atoms with Crippen LogP contribution in [0.4, 0.5) is 18.9 Å².